The van der Waals surface area contributed by atoms with E-state index in [9.17, 15) is 20.1 Å². The molecule has 1 aliphatic heterocycles. The van der Waals surface area contributed by atoms with E-state index >= 15 is 0 Å². The maximum absolute atomic E-state index is 12.3. The second kappa shape index (κ2) is 12.9. The van der Waals surface area contributed by atoms with Crippen LogP contribution >= 0.6 is 11.8 Å². The molecule has 1 atom stereocenters. The number of aromatic nitrogens is 1. The molecule has 36 heavy (non-hydrogen) atoms. The lowest BCUT2D eigenvalue weighted by Crippen LogP contribution is -2.45. The third kappa shape index (κ3) is 6.34. The van der Waals surface area contributed by atoms with Crippen LogP contribution in [0.1, 0.15) is 60.1 Å². The number of nitrogens with two attached hydrogens (primary N) is 2. The molecule has 1 aliphatic rings. The largest absolute Gasteiger partial charge is 0.368 e. The molecule has 1 unspecified atom stereocenters. The first-order valence-electron chi connectivity index (χ1n) is 12.1. The first kappa shape index (κ1) is 27.0. The average molecular weight is 506 g/mol. The number of nitrogens with one attached hydrogen (secondary N) is 1. The lowest BCUT2D eigenvalue weighted by atomic mass is 9.99. The minimum atomic E-state index is -0.731. The minimum absolute atomic E-state index is 0.00141. The van der Waals surface area contributed by atoms with Crippen LogP contribution in [0, 0.1) is 22.7 Å². The van der Waals surface area contributed by atoms with Gasteiger partial charge in [-0.15, -0.1) is 0 Å². The molecule has 1 fully saturated rings. The number of primary amides is 1. The molecule has 10 heteroatoms. The standard InChI is InChI=1S/C26H31N7O2S/c1-2-19-20(15-28)25(33-13-10-18(11-14-33)31-22(34)9-6-12-27)32-26(21(19)16-29)36-23(24(30)35)17-7-4-3-5-8-17/h3-5,7-8,18,23H,2,6,9-14,27H2,1H3,(H2,30,35)(H,31,34). The second-order valence-corrected chi connectivity index (χ2v) is 9.67. The summed E-state index contributed by atoms with van der Waals surface area (Å²) in [6, 6.07) is 13.6. The Kier molecular flexibility index (Phi) is 9.69. The lowest BCUT2D eigenvalue weighted by molar-refractivity contribution is -0.122. The summed E-state index contributed by atoms with van der Waals surface area (Å²) < 4.78 is 0. The predicted molar refractivity (Wildman–Crippen MR) is 139 cm³/mol. The van der Waals surface area contributed by atoms with Crippen molar-refractivity contribution in [3.05, 3.63) is 52.6 Å². The fraction of sp³-hybridized carbons (Fsp3) is 0.423. The van der Waals surface area contributed by atoms with Crippen LogP contribution < -0.4 is 21.7 Å². The second-order valence-electron chi connectivity index (χ2n) is 8.58. The normalized spacial score (nSPS) is 14.5. The van der Waals surface area contributed by atoms with Crippen LogP contribution in [0.15, 0.2) is 35.4 Å². The highest BCUT2D eigenvalue weighted by atomic mass is 32.2. The molecule has 0 radical (unpaired) electrons. The smallest absolute Gasteiger partial charge is 0.235 e. The number of benzene rings is 1. The van der Waals surface area contributed by atoms with E-state index in [0.717, 1.165) is 17.3 Å². The Bertz CT molecular complexity index is 1170. The Morgan fingerprint density at radius 3 is 2.42 bits per heavy atom. The van der Waals surface area contributed by atoms with Crippen molar-refractivity contribution in [1.29, 1.82) is 10.5 Å². The van der Waals surface area contributed by atoms with Gasteiger partial charge in [0.25, 0.3) is 0 Å². The van der Waals surface area contributed by atoms with Gasteiger partial charge in [0.1, 0.15) is 28.2 Å². The van der Waals surface area contributed by atoms with E-state index in [1.165, 1.54) is 0 Å². The van der Waals surface area contributed by atoms with Gasteiger partial charge < -0.3 is 21.7 Å². The van der Waals surface area contributed by atoms with E-state index in [2.05, 4.69) is 17.5 Å². The molecule has 0 bridgehead atoms. The van der Waals surface area contributed by atoms with Gasteiger partial charge in [-0.1, -0.05) is 49.0 Å². The number of nitriles is 2. The van der Waals surface area contributed by atoms with Crippen LogP contribution in [0.25, 0.3) is 0 Å². The summed E-state index contributed by atoms with van der Waals surface area (Å²) in [4.78, 5) is 31.2. The number of carbonyl (C=O) groups excluding carboxylic acids is 2. The molecule has 1 saturated heterocycles. The highest BCUT2D eigenvalue weighted by Gasteiger charge is 2.29. The summed E-state index contributed by atoms with van der Waals surface area (Å²) in [7, 11) is 0. The quantitative estimate of drug-likeness (QED) is 0.415. The summed E-state index contributed by atoms with van der Waals surface area (Å²) in [5.74, 6) is -0.0365. The monoisotopic (exact) mass is 505 g/mol. The van der Waals surface area contributed by atoms with Crippen LogP contribution in [-0.2, 0) is 16.0 Å². The van der Waals surface area contributed by atoms with Crippen molar-refractivity contribution in [3.8, 4) is 12.1 Å². The number of piperidine rings is 1. The number of pyridine rings is 1. The van der Waals surface area contributed by atoms with Crippen molar-refractivity contribution in [3.63, 3.8) is 0 Å². The van der Waals surface area contributed by atoms with E-state index in [1.807, 2.05) is 42.2 Å². The van der Waals surface area contributed by atoms with Gasteiger partial charge in [-0.2, -0.15) is 10.5 Å². The zero-order valence-corrected chi connectivity index (χ0v) is 21.2. The zero-order valence-electron chi connectivity index (χ0n) is 20.4. The molecule has 2 amide bonds. The van der Waals surface area contributed by atoms with E-state index in [-0.39, 0.29) is 11.9 Å². The molecule has 188 valence electrons. The number of hydrogen-bond donors (Lipinski definition) is 3. The van der Waals surface area contributed by atoms with Crippen molar-refractivity contribution in [1.82, 2.24) is 10.3 Å². The first-order valence-corrected chi connectivity index (χ1v) is 12.9. The van der Waals surface area contributed by atoms with E-state index < -0.39 is 11.2 Å². The number of anilines is 1. The maximum atomic E-state index is 12.3. The molecule has 1 aromatic carbocycles. The molecule has 3 rings (SSSR count). The Hall–Kier alpha value is -3.60. The van der Waals surface area contributed by atoms with Gasteiger partial charge in [0.05, 0.1) is 11.1 Å². The van der Waals surface area contributed by atoms with Gasteiger partial charge >= 0.3 is 0 Å². The van der Waals surface area contributed by atoms with Gasteiger partial charge in [0.2, 0.25) is 11.8 Å². The summed E-state index contributed by atoms with van der Waals surface area (Å²) >= 11 is 1.13. The number of amides is 2. The van der Waals surface area contributed by atoms with E-state index in [1.54, 1.807) is 0 Å². The van der Waals surface area contributed by atoms with Crippen molar-refractivity contribution in [2.45, 2.75) is 55.3 Å². The topological polar surface area (TPSA) is 162 Å². The Morgan fingerprint density at radius 2 is 1.86 bits per heavy atom. The van der Waals surface area contributed by atoms with Crippen LogP contribution in [0.4, 0.5) is 5.82 Å². The fourth-order valence-electron chi connectivity index (χ4n) is 4.33. The van der Waals surface area contributed by atoms with Crippen LogP contribution in [-0.4, -0.2) is 42.5 Å². The average Bonchev–Trinajstić information content (AvgIpc) is 2.90. The molecule has 2 aromatic rings. The third-order valence-corrected chi connectivity index (χ3v) is 7.44. The van der Waals surface area contributed by atoms with Gasteiger partial charge in [-0.05, 0) is 43.4 Å². The molecule has 0 spiro atoms. The van der Waals surface area contributed by atoms with Gasteiger partial charge in [0, 0.05) is 25.6 Å². The number of rotatable bonds is 10. The summed E-state index contributed by atoms with van der Waals surface area (Å²) in [5, 5.41) is 22.7. The van der Waals surface area contributed by atoms with E-state index in [4.69, 9.17) is 16.5 Å². The van der Waals surface area contributed by atoms with Crippen molar-refractivity contribution in [2.75, 3.05) is 24.5 Å². The highest BCUT2D eigenvalue weighted by molar-refractivity contribution is 8.00. The Morgan fingerprint density at radius 1 is 1.19 bits per heavy atom. The highest BCUT2D eigenvalue weighted by Crippen LogP contribution is 2.39. The molecule has 1 aromatic heterocycles. The summed E-state index contributed by atoms with van der Waals surface area (Å²) in [6.07, 6.45) is 2.95. The van der Waals surface area contributed by atoms with E-state index in [0.29, 0.717) is 79.3 Å². The molecular formula is C26H31N7O2S. The zero-order chi connectivity index (χ0) is 26.1. The Labute approximate surface area is 215 Å². The third-order valence-electron chi connectivity index (χ3n) is 6.18. The van der Waals surface area contributed by atoms with Crippen molar-refractivity contribution in [2.24, 2.45) is 11.5 Å². The summed E-state index contributed by atoms with van der Waals surface area (Å²) in [6.45, 7) is 3.57. The van der Waals surface area contributed by atoms with Gasteiger partial charge in [0.15, 0.2) is 0 Å². The summed E-state index contributed by atoms with van der Waals surface area (Å²) in [5.41, 5.74) is 13.2. The number of thioether (sulfide) groups is 1. The minimum Gasteiger partial charge on any atom is -0.368 e. The molecular weight excluding hydrogens is 474 g/mol. The predicted octanol–water partition coefficient (Wildman–Crippen LogP) is 2.53. The first-order chi connectivity index (χ1) is 17.4. The van der Waals surface area contributed by atoms with Crippen LogP contribution in [0.2, 0.25) is 0 Å². The molecule has 0 aliphatic carbocycles. The van der Waals surface area contributed by atoms with Crippen molar-refractivity contribution >= 4 is 29.4 Å². The fourth-order valence-corrected chi connectivity index (χ4v) is 5.38. The van der Waals surface area contributed by atoms with Crippen LogP contribution in [0.5, 0.6) is 0 Å². The molecule has 0 saturated carbocycles. The number of hydrogen-bond acceptors (Lipinski definition) is 8. The SMILES string of the molecule is CCc1c(C#N)c(SC(C(N)=O)c2ccccc2)nc(N2CCC(NC(=O)CCCN)CC2)c1C#N. The Balaban J connectivity index is 1.91. The molecule has 5 N–H and O–H groups in total. The maximum Gasteiger partial charge on any atom is 0.235 e. The molecule has 2 heterocycles. The van der Waals surface area contributed by atoms with Crippen molar-refractivity contribution < 1.29 is 9.59 Å². The van der Waals surface area contributed by atoms with Gasteiger partial charge in [-0.25, -0.2) is 4.98 Å². The van der Waals surface area contributed by atoms with Crippen LogP contribution in [0.3, 0.4) is 0 Å². The molecule has 9 nitrogen and oxygen atoms in total. The lowest BCUT2D eigenvalue weighted by Gasteiger charge is -2.34. The van der Waals surface area contributed by atoms with Gasteiger partial charge in [-0.3, -0.25) is 9.59 Å². The number of carbonyl (C=O) groups is 2. The number of nitrogens with zero attached hydrogens (tertiary/aromatic N) is 4.